The van der Waals surface area contributed by atoms with Crippen molar-refractivity contribution in [1.82, 2.24) is 15.2 Å². The van der Waals surface area contributed by atoms with Gasteiger partial charge in [0.25, 0.3) is 5.91 Å². The van der Waals surface area contributed by atoms with Crippen molar-refractivity contribution in [2.45, 2.75) is 32.6 Å². The van der Waals surface area contributed by atoms with Crippen LogP contribution >= 0.6 is 0 Å². The Balaban J connectivity index is 1.99. The van der Waals surface area contributed by atoms with Crippen molar-refractivity contribution in [2.75, 3.05) is 32.5 Å². The molecule has 1 aromatic carbocycles. The van der Waals surface area contributed by atoms with Gasteiger partial charge in [-0.1, -0.05) is 39.0 Å². The number of hydrogen-bond acceptors (Lipinski definition) is 4. The van der Waals surface area contributed by atoms with Crippen LogP contribution in [0.4, 0.5) is 11.5 Å². The minimum absolute atomic E-state index is 0.0377. The summed E-state index contributed by atoms with van der Waals surface area (Å²) in [5.41, 5.74) is 2.87. The molecule has 2 aromatic rings. The first-order valence-corrected chi connectivity index (χ1v) is 9.03. The third-order valence-corrected chi connectivity index (χ3v) is 4.09. The maximum atomic E-state index is 12.2. The van der Waals surface area contributed by atoms with Crippen LogP contribution in [0.3, 0.4) is 0 Å². The largest absolute Gasteiger partial charge is 0.352 e. The van der Waals surface area contributed by atoms with E-state index in [0.717, 1.165) is 24.5 Å². The molecule has 2 N–H and O–H groups in total. The van der Waals surface area contributed by atoms with Crippen LogP contribution in [-0.2, 0) is 5.41 Å². The lowest BCUT2D eigenvalue weighted by molar-refractivity contribution is 0.0952. The van der Waals surface area contributed by atoms with E-state index in [1.807, 2.05) is 38.4 Å². The highest BCUT2D eigenvalue weighted by molar-refractivity contribution is 5.94. The van der Waals surface area contributed by atoms with Crippen LogP contribution in [-0.4, -0.2) is 43.0 Å². The predicted octanol–water partition coefficient (Wildman–Crippen LogP) is 3.80. The average molecular weight is 354 g/mol. The molecule has 1 heterocycles. The van der Waals surface area contributed by atoms with E-state index < -0.39 is 0 Å². The lowest BCUT2D eigenvalue weighted by Crippen LogP contribution is -2.27. The van der Waals surface area contributed by atoms with Crippen LogP contribution in [0.15, 0.2) is 42.6 Å². The zero-order valence-electron chi connectivity index (χ0n) is 16.5. The number of nitrogens with zero attached hydrogens (tertiary/aromatic N) is 2. The maximum absolute atomic E-state index is 12.2. The highest BCUT2D eigenvalue weighted by atomic mass is 16.1. The fourth-order valence-electron chi connectivity index (χ4n) is 2.69. The van der Waals surface area contributed by atoms with Crippen molar-refractivity contribution in [3.63, 3.8) is 0 Å². The van der Waals surface area contributed by atoms with E-state index in [2.05, 4.69) is 47.4 Å². The fraction of sp³-hybridized carbons (Fsp3) is 0.429. The van der Waals surface area contributed by atoms with Gasteiger partial charge in [0.15, 0.2) is 0 Å². The topological polar surface area (TPSA) is 57.3 Å². The second-order valence-electron chi connectivity index (χ2n) is 7.77. The normalized spacial score (nSPS) is 11.5. The summed E-state index contributed by atoms with van der Waals surface area (Å²) >= 11 is 0. The first-order chi connectivity index (χ1) is 12.3. The molecule has 0 saturated heterocycles. The van der Waals surface area contributed by atoms with Gasteiger partial charge in [0.2, 0.25) is 0 Å². The quantitative estimate of drug-likeness (QED) is 0.743. The highest BCUT2D eigenvalue weighted by Gasteiger charge is 2.17. The Morgan fingerprint density at radius 1 is 1.12 bits per heavy atom. The number of amides is 1. The van der Waals surface area contributed by atoms with Crippen molar-refractivity contribution < 1.29 is 4.79 Å². The standard InChI is InChI=1S/C21H30N4O/c1-21(2,3)17-9-6-7-10-18(17)24-19-12-11-16(15-23-19)20(26)22-13-8-14-25(4)5/h6-7,9-12,15H,8,13-14H2,1-5H3,(H,22,26)(H,23,24). The molecule has 1 amide bonds. The summed E-state index contributed by atoms with van der Waals surface area (Å²) in [5, 5.41) is 6.29. The van der Waals surface area contributed by atoms with Gasteiger partial charge in [0.05, 0.1) is 5.56 Å². The summed E-state index contributed by atoms with van der Waals surface area (Å²) in [7, 11) is 4.05. The third kappa shape index (κ3) is 5.85. The lowest BCUT2D eigenvalue weighted by Gasteiger charge is -2.23. The molecule has 0 aliphatic carbocycles. The number of pyridine rings is 1. The Kier molecular flexibility index (Phi) is 6.75. The molecule has 0 aliphatic rings. The van der Waals surface area contributed by atoms with Crippen LogP contribution in [0.5, 0.6) is 0 Å². The van der Waals surface area contributed by atoms with E-state index in [4.69, 9.17) is 0 Å². The van der Waals surface area contributed by atoms with E-state index in [1.165, 1.54) is 5.56 Å². The number of carbonyl (C=O) groups is 1. The third-order valence-electron chi connectivity index (χ3n) is 4.09. The molecule has 26 heavy (non-hydrogen) atoms. The molecule has 5 heteroatoms. The Hall–Kier alpha value is -2.40. The van der Waals surface area contributed by atoms with Gasteiger partial charge < -0.3 is 15.5 Å². The van der Waals surface area contributed by atoms with E-state index >= 15 is 0 Å². The van der Waals surface area contributed by atoms with E-state index in [9.17, 15) is 4.79 Å². The summed E-state index contributed by atoms with van der Waals surface area (Å²) < 4.78 is 0. The van der Waals surface area contributed by atoms with Gasteiger partial charge in [-0.25, -0.2) is 4.98 Å². The van der Waals surface area contributed by atoms with Crippen molar-refractivity contribution in [1.29, 1.82) is 0 Å². The molecular formula is C21H30N4O. The Morgan fingerprint density at radius 3 is 2.46 bits per heavy atom. The summed E-state index contributed by atoms with van der Waals surface area (Å²) in [6.07, 6.45) is 2.54. The van der Waals surface area contributed by atoms with E-state index in [0.29, 0.717) is 12.1 Å². The zero-order valence-corrected chi connectivity index (χ0v) is 16.5. The summed E-state index contributed by atoms with van der Waals surface area (Å²) in [5.74, 6) is 0.642. The average Bonchev–Trinajstić information content (AvgIpc) is 2.58. The molecular weight excluding hydrogens is 324 g/mol. The van der Waals surface area contributed by atoms with Crippen LogP contribution < -0.4 is 10.6 Å². The molecule has 0 saturated carbocycles. The number of aromatic nitrogens is 1. The van der Waals surface area contributed by atoms with E-state index in [1.54, 1.807) is 12.3 Å². The maximum Gasteiger partial charge on any atom is 0.252 e. The van der Waals surface area contributed by atoms with Gasteiger partial charge in [-0.3, -0.25) is 4.79 Å². The predicted molar refractivity (Wildman–Crippen MR) is 108 cm³/mol. The molecule has 0 atom stereocenters. The molecule has 0 fully saturated rings. The molecule has 0 unspecified atom stereocenters. The number of hydrogen-bond donors (Lipinski definition) is 2. The van der Waals surface area contributed by atoms with Gasteiger partial charge in [0.1, 0.15) is 5.82 Å². The minimum atomic E-state index is -0.0853. The second kappa shape index (κ2) is 8.81. The molecule has 2 rings (SSSR count). The molecule has 0 aliphatic heterocycles. The highest BCUT2D eigenvalue weighted by Crippen LogP contribution is 2.30. The number of benzene rings is 1. The van der Waals surface area contributed by atoms with Crippen LogP contribution in [0.25, 0.3) is 0 Å². The smallest absolute Gasteiger partial charge is 0.252 e. The first-order valence-electron chi connectivity index (χ1n) is 9.03. The van der Waals surface area contributed by atoms with Crippen molar-refractivity contribution in [2.24, 2.45) is 0 Å². The zero-order chi connectivity index (χ0) is 19.2. The Labute approximate surface area is 156 Å². The molecule has 1 aromatic heterocycles. The van der Waals surface area contributed by atoms with Crippen molar-refractivity contribution in [3.05, 3.63) is 53.7 Å². The molecule has 0 bridgehead atoms. The summed E-state index contributed by atoms with van der Waals surface area (Å²) in [6, 6.07) is 11.9. The number of carbonyl (C=O) groups excluding carboxylic acids is 1. The van der Waals surface area contributed by atoms with Gasteiger partial charge in [-0.2, -0.15) is 0 Å². The van der Waals surface area contributed by atoms with Crippen molar-refractivity contribution >= 4 is 17.4 Å². The van der Waals surface area contributed by atoms with Crippen LogP contribution in [0.2, 0.25) is 0 Å². The number of nitrogens with one attached hydrogen (secondary N) is 2. The van der Waals surface area contributed by atoms with Crippen molar-refractivity contribution in [3.8, 4) is 0 Å². The minimum Gasteiger partial charge on any atom is -0.352 e. The number of anilines is 2. The SMILES string of the molecule is CN(C)CCCNC(=O)c1ccc(Nc2ccccc2C(C)(C)C)nc1. The van der Waals surface area contributed by atoms with E-state index in [-0.39, 0.29) is 11.3 Å². The Morgan fingerprint density at radius 2 is 1.85 bits per heavy atom. The van der Waals surface area contributed by atoms with Gasteiger partial charge in [0, 0.05) is 18.4 Å². The summed E-state index contributed by atoms with van der Waals surface area (Å²) in [4.78, 5) is 18.7. The van der Waals surface area contributed by atoms with Crippen LogP contribution in [0, 0.1) is 0 Å². The van der Waals surface area contributed by atoms with Gasteiger partial charge >= 0.3 is 0 Å². The van der Waals surface area contributed by atoms with Gasteiger partial charge in [-0.05, 0) is 56.2 Å². The Bertz CT molecular complexity index is 718. The van der Waals surface area contributed by atoms with Gasteiger partial charge in [-0.15, -0.1) is 0 Å². The second-order valence-corrected chi connectivity index (χ2v) is 7.77. The van der Waals surface area contributed by atoms with Crippen LogP contribution in [0.1, 0.15) is 43.1 Å². The lowest BCUT2D eigenvalue weighted by atomic mass is 9.86. The monoisotopic (exact) mass is 354 g/mol. The number of para-hydroxylation sites is 1. The molecule has 0 radical (unpaired) electrons. The molecule has 0 spiro atoms. The molecule has 140 valence electrons. The fourth-order valence-corrected chi connectivity index (χ4v) is 2.69. The summed E-state index contributed by atoms with van der Waals surface area (Å²) in [6.45, 7) is 8.17. The first kappa shape index (κ1) is 19.9. The number of rotatable bonds is 7. The molecule has 5 nitrogen and oxygen atoms in total.